The predicted molar refractivity (Wildman–Crippen MR) is 89.0 cm³/mol. The second-order valence-electron chi connectivity index (χ2n) is 3.44. The van der Waals surface area contributed by atoms with Gasteiger partial charge in [-0.05, 0) is 24.2 Å². The Hall–Kier alpha value is -0.230. The summed E-state index contributed by atoms with van der Waals surface area (Å²) in [6.45, 7) is 0. The molecule has 1 aliphatic rings. The van der Waals surface area contributed by atoms with Crippen LogP contribution >= 0.6 is 47.0 Å². The van der Waals surface area contributed by atoms with Crippen LogP contribution < -0.4 is 0 Å². The van der Waals surface area contributed by atoms with E-state index in [-0.39, 0.29) is 0 Å². The van der Waals surface area contributed by atoms with Gasteiger partial charge in [0, 0.05) is 5.56 Å². The fourth-order valence-corrected chi connectivity index (χ4v) is 6.35. The molecule has 5 heteroatoms. The van der Waals surface area contributed by atoms with Crippen LogP contribution in [-0.4, -0.2) is 18.8 Å². The molecule has 0 aromatic heterocycles. The van der Waals surface area contributed by atoms with E-state index in [1.165, 1.54) is 12.7 Å². The van der Waals surface area contributed by atoms with Gasteiger partial charge in [-0.1, -0.05) is 47.8 Å². The zero-order valence-electron chi connectivity index (χ0n) is 10.0. The van der Waals surface area contributed by atoms with Crippen LogP contribution in [0.4, 0.5) is 0 Å². The number of hydrogen-bond acceptors (Lipinski definition) is 5. The summed E-state index contributed by atoms with van der Waals surface area (Å²) in [5, 5.41) is 0. The molecule has 0 fully saturated rings. The number of carbonyl (C=O) groups excluding carboxylic acids is 1. The van der Waals surface area contributed by atoms with E-state index in [0.29, 0.717) is 0 Å². The minimum atomic E-state index is 0.719. The van der Waals surface area contributed by atoms with Crippen LogP contribution in [0, 0.1) is 0 Å². The molecule has 0 radical (unpaired) electrons. The Balaban J connectivity index is 2.14. The molecule has 0 saturated heterocycles. The van der Waals surface area contributed by atoms with E-state index in [4.69, 9.17) is 0 Å². The molecule has 1 aromatic rings. The molecular formula is C13H12OS4. The first-order chi connectivity index (χ1) is 8.76. The van der Waals surface area contributed by atoms with Crippen molar-refractivity contribution in [2.75, 3.05) is 12.5 Å². The van der Waals surface area contributed by atoms with Crippen LogP contribution in [0.15, 0.2) is 37.0 Å². The Morgan fingerprint density at radius 1 is 0.944 bits per heavy atom. The summed E-state index contributed by atoms with van der Waals surface area (Å²) in [6.07, 6.45) is 7.26. The molecule has 0 aliphatic carbocycles. The maximum Gasteiger partial charge on any atom is 0.150 e. The van der Waals surface area contributed by atoms with Crippen LogP contribution in [0.3, 0.4) is 0 Å². The first kappa shape index (κ1) is 14.2. The fourth-order valence-electron chi connectivity index (χ4n) is 1.40. The molecule has 18 heavy (non-hydrogen) atoms. The van der Waals surface area contributed by atoms with Gasteiger partial charge >= 0.3 is 0 Å². The number of aldehydes is 1. The van der Waals surface area contributed by atoms with Crippen LogP contribution in [0.2, 0.25) is 0 Å². The topological polar surface area (TPSA) is 17.1 Å². The Bertz CT molecular complexity index is 484. The van der Waals surface area contributed by atoms with Crippen LogP contribution in [0.25, 0.3) is 6.08 Å². The first-order valence-electron chi connectivity index (χ1n) is 5.21. The van der Waals surface area contributed by atoms with Crippen LogP contribution in [0.1, 0.15) is 15.9 Å². The third-order valence-electron chi connectivity index (χ3n) is 2.28. The van der Waals surface area contributed by atoms with Gasteiger partial charge in [0.25, 0.3) is 0 Å². The molecule has 2 rings (SSSR count). The second-order valence-corrected chi connectivity index (χ2v) is 7.95. The lowest BCUT2D eigenvalue weighted by Gasteiger charge is -1.98. The number of benzene rings is 1. The quantitative estimate of drug-likeness (QED) is 0.715. The van der Waals surface area contributed by atoms with E-state index in [1.54, 1.807) is 23.5 Å². The standard InChI is InChI=1S/C13H12OS4/c1-15-12-13(16-2)18-11(17-12)7-9-3-5-10(8-14)6-4-9/h3-8H,1-2H3. The normalized spacial score (nSPS) is 15.1. The number of hydrogen-bond donors (Lipinski definition) is 0. The lowest BCUT2D eigenvalue weighted by molar-refractivity contribution is 0.112. The number of thioether (sulfide) groups is 4. The van der Waals surface area contributed by atoms with Crippen molar-refractivity contribution in [3.05, 3.63) is 48.1 Å². The van der Waals surface area contributed by atoms with E-state index in [2.05, 4.69) is 18.6 Å². The fraction of sp³-hybridized carbons (Fsp3) is 0.154. The van der Waals surface area contributed by atoms with Crippen molar-refractivity contribution in [1.29, 1.82) is 0 Å². The largest absolute Gasteiger partial charge is 0.298 e. The van der Waals surface area contributed by atoms with Gasteiger partial charge in [-0.2, -0.15) is 0 Å². The van der Waals surface area contributed by atoms with E-state index in [0.717, 1.165) is 17.4 Å². The zero-order chi connectivity index (χ0) is 13.0. The van der Waals surface area contributed by atoms with Crippen molar-refractivity contribution in [3.63, 3.8) is 0 Å². The Morgan fingerprint density at radius 3 is 1.89 bits per heavy atom. The van der Waals surface area contributed by atoms with E-state index in [9.17, 15) is 4.79 Å². The summed E-state index contributed by atoms with van der Waals surface area (Å²) in [4.78, 5) is 10.6. The summed E-state index contributed by atoms with van der Waals surface area (Å²) >= 11 is 7.25. The van der Waals surface area contributed by atoms with E-state index >= 15 is 0 Å². The lowest BCUT2D eigenvalue weighted by atomic mass is 10.1. The van der Waals surface area contributed by atoms with Gasteiger partial charge in [-0.3, -0.25) is 4.79 Å². The SMILES string of the molecule is CSC1=C(SC)SC(=Cc2ccc(C=O)cc2)S1. The molecule has 94 valence electrons. The van der Waals surface area contributed by atoms with Crippen LogP contribution in [0.5, 0.6) is 0 Å². The van der Waals surface area contributed by atoms with Crippen molar-refractivity contribution in [2.24, 2.45) is 0 Å². The highest BCUT2D eigenvalue weighted by molar-refractivity contribution is 8.40. The summed E-state index contributed by atoms with van der Waals surface area (Å²) in [5.74, 6) is 0. The maximum atomic E-state index is 10.6. The van der Waals surface area contributed by atoms with Crippen molar-refractivity contribution in [1.82, 2.24) is 0 Å². The van der Waals surface area contributed by atoms with Gasteiger partial charge < -0.3 is 0 Å². The van der Waals surface area contributed by atoms with E-state index < -0.39 is 0 Å². The monoisotopic (exact) mass is 312 g/mol. The van der Waals surface area contributed by atoms with Gasteiger partial charge in [0.2, 0.25) is 0 Å². The first-order valence-corrected chi connectivity index (χ1v) is 9.30. The summed E-state index contributed by atoms with van der Waals surface area (Å²) in [5.41, 5.74) is 1.86. The molecule has 1 aliphatic heterocycles. The van der Waals surface area contributed by atoms with Crippen LogP contribution in [-0.2, 0) is 0 Å². The average molecular weight is 313 g/mol. The van der Waals surface area contributed by atoms with Crippen molar-refractivity contribution in [2.45, 2.75) is 0 Å². The molecule has 0 spiro atoms. The Labute approximate surface area is 124 Å². The molecule has 1 heterocycles. The highest BCUT2D eigenvalue weighted by Crippen LogP contribution is 2.56. The van der Waals surface area contributed by atoms with Gasteiger partial charge in [0.15, 0.2) is 0 Å². The molecule has 0 unspecified atom stereocenters. The molecule has 0 atom stereocenters. The second kappa shape index (κ2) is 6.80. The van der Waals surface area contributed by atoms with Gasteiger partial charge in [0.05, 0.1) is 12.7 Å². The minimum Gasteiger partial charge on any atom is -0.298 e. The van der Waals surface area contributed by atoms with Gasteiger partial charge in [-0.25, -0.2) is 0 Å². The van der Waals surface area contributed by atoms with Crippen molar-refractivity contribution >= 4 is 59.4 Å². The molecular weight excluding hydrogens is 300 g/mol. The Kier molecular flexibility index (Phi) is 5.36. The molecule has 0 N–H and O–H groups in total. The highest BCUT2D eigenvalue weighted by Gasteiger charge is 2.19. The molecule has 0 saturated carbocycles. The molecule has 0 bridgehead atoms. The summed E-state index contributed by atoms with van der Waals surface area (Å²) < 4.78 is 4.05. The van der Waals surface area contributed by atoms with Crippen molar-refractivity contribution < 1.29 is 4.79 Å². The average Bonchev–Trinajstić information content (AvgIpc) is 2.81. The highest BCUT2D eigenvalue weighted by atomic mass is 32.3. The summed E-state index contributed by atoms with van der Waals surface area (Å²) in [6, 6.07) is 7.66. The van der Waals surface area contributed by atoms with E-state index in [1.807, 2.05) is 47.8 Å². The van der Waals surface area contributed by atoms with Gasteiger partial charge in [0.1, 0.15) is 6.29 Å². The number of rotatable bonds is 4. The maximum absolute atomic E-state index is 10.6. The third-order valence-corrected chi connectivity index (χ3v) is 7.36. The molecule has 0 amide bonds. The third kappa shape index (κ3) is 3.41. The Morgan fingerprint density at radius 2 is 1.44 bits per heavy atom. The predicted octanol–water partition coefficient (Wildman–Crippen LogP) is 5.13. The lowest BCUT2D eigenvalue weighted by Crippen LogP contribution is -1.79. The van der Waals surface area contributed by atoms with Crippen molar-refractivity contribution in [3.8, 4) is 0 Å². The minimum absolute atomic E-state index is 0.719. The zero-order valence-corrected chi connectivity index (χ0v) is 13.3. The smallest absolute Gasteiger partial charge is 0.150 e. The molecule has 1 nitrogen and oxygen atoms in total. The molecule has 1 aromatic carbocycles. The summed E-state index contributed by atoms with van der Waals surface area (Å²) in [7, 11) is 0. The van der Waals surface area contributed by atoms with Gasteiger partial charge in [-0.15, -0.1) is 23.5 Å². The number of carbonyl (C=O) groups is 1.